The number of hydrogen-bond donors (Lipinski definition) is 1. The standard InChI is InChI=1S/C26H23N3O/c1-3-26(4-2)21-13-9-8-12-19(21)20-15-14-18(16-22(20)26)24-27-23(28-25(30)29-24)17-10-6-5-7-11-17/h5-16H,3-4H2,1-2H3,(H,27,28,29,30). The maximum Gasteiger partial charge on any atom is 0.318 e. The molecule has 0 saturated heterocycles. The van der Waals surface area contributed by atoms with Gasteiger partial charge in [0.05, 0.1) is 0 Å². The van der Waals surface area contributed by atoms with Gasteiger partial charge in [0.25, 0.3) is 0 Å². The van der Waals surface area contributed by atoms with Crippen LogP contribution >= 0.6 is 0 Å². The Labute approximate surface area is 176 Å². The minimum Gasteiger partial charge on any atom is -0.479 e. The lowest BCUT2D eigenvalue weighted by atomic mass is 9.73. The zero-order valence-electron chi connectivity index (χ0n) is 17.1. The van der Waals surface area contributed by atoms with E-state index in [1.807, 2.05) is 36.4 Å². The van der Waals surface area contributed by atoms with Gasteiger partial charge in [-0.25, -0.2) is 4.98 Å². The van der Waals surface area contributed by atoms with E-state index in [4.69, 9.17) is 0 Å². The van der Waals surface area contributed by atoms with Gasteiger partial charge in [0, 0.05) is 16.5 Å². The van der Waals surface area contributed by atoms with Gasteiger partial charge in [-0.2, -0.15) is 9.97 Å². The number of rotatable bonds is 4. The summed E-state index contributed by atoms with van der Waals surface area (Å²) in [4.78, 5) is 13.0. The number of hydrogen-bond acceptors (Lipinski definition) is 4. The average molecular weight is 393 g/mol. The molecular weight excluding hydrogens is 370 g/mol. The molecule has 1 N–H and O–H groups in total. The molecule has 0 atom stereocenters. The first-order valence-corrected chi connectivity index (χ1v) is 10.4. The van der Waals surface area contributed by atoms with E-state index >= 15 is 0 Å². The Bertz CT molecular complexity index is 1230. The molecule has 1 heterocycles. The molecule has 30 heavy (non-hydrogen) atoms. The Morgan fingerprint density at radius 2 is 1.30 bits per heavy atom. The lowest BCUT2D eigenvalue weighted by Gasteiger charge is -2.29. The molecule has 0 unspecified atom stereocenters. The van der Waals surface area contributed by atoms with Crippen LogP contribution in [-0.2, 0) is 5.41 Å². The second-order valence-electron chi connectivity index (χ2n) is 7.74. The molecule has 0 fully saturated rings. The fraction of sp³-hybridized carbons (Fsp3) is 0.192. The summed E-state index contributed by atoms with van der Waals surface area (Å²) < 4.78 is 0. The highest BCUT2D eigenvalue weighted by molar-refractivity contribution is 5.83. The first kappa shape index (κ1) is 18.5. The molecule has 1 aliphatic rings. The third-order valence-electron chi connectivity index (χ3n) is 6.39. The summed E-state index contributed by atoms with van der Waals surface area (Å²) in [7, 11) is 0. The lowest BCUT2D eigenvalue weighted by Crippen LogP contribution is -2.23. The molecule has 1 aromatic heterocycles. The van der Waals surface area contributed by atoms with Crippen molar-refractivity contribution in [3.05, 3.63) is 83.9 Å². The molecule has 0 aliphatic heterocycles. The van der Waals surface area contributed by atoms with E-state index in [9.17, 15) is 5.11 Å². The van der Waals surface area contributed by atoms with Crippen LogP contribution in [0.1, 0.15) is 37.8 Å². The molecule has 4 nitrogen and oxygen atoms in total. The molecule has 148 valence electrons. The molecule has 0 radical (unpaired) electrons. The minimum absolute atomic E-state index is 0.0146. The van der Waals surface area contributed by atoms with Crippen molar-refractivity contribution in [3.8, 4) is 39.9 Å². The fourth-order valence-corrected chi connectivity index (χ4v) is 4.82. The zero-order valence-corrected chi connectivity index (χ0v) is 17.1. The summed E-state index contributed by atoms with van der Waals surface area (Å²) in [5.41, 5.74) is 7.02. The van der Waals surface area contributed by atoms with Crippen LogP contribution in [0.15, 0.2) is 72.8 Å². The normalized spacial score (nSPS) is 13.7. The Morgan fingerprint density at radius 1 is 0.667 bits per heavy atom. The van der Waals surface area contributed by atoms with Crippen molar-refractivity contribution >= 4 is 0 Å². The van der Waals surface area contributed by atoms with E-state index in [1.165, 1.54) is 22.3 Å². The second-order valence-corrected chi connectivity index (χ2v) is 7.74. The van der Waals surface area contributed by atoms with E-state index < -0.39 is 0 Å². The van der Waals surface area contributed by atoms with Crippen LogP contribution in [0.4, 0.5) is 0 Å². The van der Waals surface area contributed by atoms with Gasteiger partial charge in [-0.15, -0.1) is 0 Å². The Balaban J connectivity index is 1.68. The van der Waals surface area contributed by atoms with Gasteiger partial charge < -0.3 is 5.11 Å². The van der Waals surface area contributed by atoms with Gasteiger partial charge in [0.2, 0.25) is 0 Å². The third-order valence-corrected chi connectivity index (χ3v) is 6.39. The number of benzene rings is 3. The predicted molar refractivity (Wildman–Crippen MR) is 119 cm³/mol. The Kier molecular flexibility index (Phi) is 4.35. The monoisotopic (exact) mass is 393 g/mol. The van der Waals surface area contributed by atoms with Gasteiger partial charge in [-0.05, 0) is 41.2 Å². The lowest BCUT2D eigenvalue weighted by molar-refractivity contribution is 0.430. The minimum atomic E-state index is -0.264. The van der Waals surface area contributed by atoms with E-state index in [2.05, 4.69) is 65.2 Å². The maximum atomic E-state index is 10.2. The first-order chi connectivity index (χ1) is 14.7. The molecule has 0 saturated carbocycles. The maximum absolute atomic E-state index is 10.2. The van der Waals surface area contributed by atoms with E-state index in [-0.39, 0.29) is 11.4 Å². The topological polar surface area (TPSA) is 58.9 Å². The SMILES string of the molecule is CCC1(CC)c2ccccc2-c2ccc(-c3nc(O)nc(-c4ccccc4)n3)cc21. The largest absolute Gasteiger partial charge is 0.479 e. The highest BCUT2D eigenvalue weighted by Crippen LogP contribution is 2.53. The predicted octanol–water partition coefficient (Wildman–Crippen LogP) is 6.00. The fourth-order valence-electron chi connectivity index (χ4n) is 4.82. The van der Waals surface area contributed by atoms with Crippen molar-refractivity contribution in [1.29, 1.82) is 0 Å². The number of fused-ring (bicyclic) bond motifs is 3. The summed E-state index contributed by atoms with van der Waals surface area (Å²) in [6.45, 7) is 4.51. The van der Waals surface area contributed by atoms with Crippen molar-refractivity contribution < 1.29 is 5.11 Å². The van der Waals surface area contributed by atoms with Gasteiger partial charge >= 0.3 is 6.01 Å². The van der Waals surface area contributed by atoms with Gasteiger partial charge in [0.1, 0.15) is 0 Å². The first-order valence-electron chi connectivity index (χ1n) is 10.4. The molecule has 0 spiro atoms. The van der Waals surface area contributed by atoms with E-state index in [0.717, 1.165) is 24.0 Å². The molecule has 3 aromatic carbocycles. The van der Waals surface area contributed by atoms with Crippen LogP contribution in [0.5, 0.6) is 6.01 Å². The van der Waals surface area contributed by atoms with Crippen molar-refractivity contribution in [2.75, 3.05) is 0 Å². The summed E-state index contributed by atoms with van der Waals surface area (Å²) >= 11 is 0. The molecule has 5 rings (SSSR count). The number of aromatic nitrogens is 3. The van der Waals surface area contributed by atoms with Crippen molar-refractivity contribution in [2.24, 2.45) is 0 Å². The van der Waals surface area contributed by atoms with Crippen molar-refractivity contribution in [1.82, 2.24) is 15.0 Å². The van der Waals surface area contributed by atoms with Gasteiger partial charge in [-0.1, -0.05) is 80.6 Å². The Morgan fingerprint density at radius 3 is 2.03 bits per heavy atom. The molecule has 4 aromatic rings. The summed E-state index contributed by atoms with van der Waals surface area (Å²) in [5.74, 6) is 0.959. The van der Waals surface area contributed by atoms with Crippen LogP contribution in [0.3, 0.4) is 0 Å². The van der Waals surface area contributed by atoms with E-state index in [1.54, 1.807) is 0 Å². The summed E-state index contributed by atoms with van der Waals surface area (Å²) in [6, 6.07) is 24.5. The molecule has 0 bridgehead atoms. The van der Waals surface area contributed by atoms with E-state index in [0.29, 0.717) is 11.6 Å². The second kappa shape index (κ2) is 7.06. The van der Waals surface area contributed by atoms with Gasteiger partial charge in [-0.3, -0.25) is 0 Å². The van der Waals surface area contributed by atoms with Crippen molar-refractivity contribution in [2.45, 2.75) is 32.1 Å². The summed E-state index contributed by atoms with van der Waals surface area (Å²) in [5, 5.41) is 10.2. The quantitative estimate of drug-likeness (QED) is 0.462. The molecular formula is C26H23N3O. The van der Waals surface area contributed by atoms with Crippen LogP contribution in [0.2, 0.25) is 0 Å². The highest BCUT2D eigenvalue weighted by atomic mass is 16.3. The Hall–Kier alpha value is -3.53. The highest BCUT2D eigenvalue weighted by Gasteiger charge is 2.40. The smallest absolute Gasteiger partial charge is 0.318 e. The molecule has 4 heteroatoms. The van der Waals surface area contributed by atoms with Gasteiger partial charge in [0.15, 0.2) is 11.6 Å². The summed E-state index contributed by atoms with van der Waals surface area (Å²) in [6.07, 6.45) is 2.05. The van der Waals surface area contributed by atoms with Crippen LogP contribution in [0, 0.1) is 0 Å². The molecule has 0 amide bonds. The van der Waals surface area contributed by atoms with Crippen molar-refractivity contribution in [3.63, 3.8) is 0 Å². The average Bonchev–Trinajstić information content (AvgIpc) is 3.09. The molecule has 1 aliphatic carbocycles. The van der Waals surface area contributed by atoms with Crippen LogP contribution in [-0.4, -0.2) is 20.1 Å². The zero-order chi connectivity index (χ0) is 20.7. The number of nitrogens with zero attached hydrogens (tertiary/aromatic N) is 3. The third kappa shape index (κ3) is 2.71. The number of aromatic hydroxyl groups is 1. The van der Waals surface area contributed by atoms with Crippen LogP contribution < -0.4 is 0 Å². The van der Waals surface area contributed by atoms with Crippen LogP contribution in [0.25, 0.3) is 33.9 Å².